The van der Waals surface area contributed by atoms with Crippen LogP contribution in [0.15, 0.2) is 55.0 Å². The molecule has 1 saturated carbocycles. The summed E-state index contributed by atoms with van der Waals surface area (Å²) in [4.78, 5) is 16.4. The van der Waals surface area contributed by atoms with Gasteiger partial charge in [0.25, 0.3) is 0 Å². The number of nitrogens with zero attached hydrogens (tertiary/aromatic N) is 2. The maximum absolute atomic E-state index is 11.9. The van der Waals surface area contributed by atoms with Gasteiger partial charge in [-0.2, -0.15) is 0 Å². The second-order valence-electron chi connectivity index (χ2n) is 6.77. The van der Waals surface area contributed by atoms with E-state index in [4.69, 9.17) is 5.73 Å². The normalized spacial score (nSPS) is 22.2. The zero-order valence-electron chi connectivity index (χ0n) is 13.9. The summed E-state index contributed by atoms with van der Waals surface area (Å²) in [5.74, 6) is -0.651. The Balaban J connectivity index is 1.71. The highest BCUT2D eigenvalue weighted by Gasteiger charge is 2.62. The fourth-order valence-electron chi connectivity index (χ4n) is 3.85. The zero-order chi connectivity index (χ0) is 17.4. The number of nitrogens with two attached hydrogens (primary N) is 1. The Labute approximate surface area is 146 Å². The summed E-state index contributed by atoms with van der Waals surface area (Å²) >= 11 is 0. The van der Waals surface area contributed by atoms with Crippen molar-refractivity contribution in [1.29, 1.82) is 0 Å². The van der Waals surface area contributed by atoms with Crippen molar-refractivity contribution in [2.24, 2.45) is 11.7 Å². The average Bonchev–Trinajstić information content (AvgIpc) is 3.17. The lowest BCUT2D eigenvalue weighted by Gasteiger charge is -2.10. The Kier molecular flexibility index (Phi) is 3.81. The maximum atomic E-state index is 11.9. The smallest absolute Gasteiger partial charge is 0.316 e. The Bertz CT molecular complexity index is 928. The van der Waals surface area contributed by atoms with Gasteiger partial charge in [-0.05, 0) is 43.2 Å². The quantitative estimate of drug-likeness (QED) is 0.725. The average molecular weight is 335 g/mol. The minimum absolute atomic E-state index is 0.129. The number of aliphatic carboxylic acids is 1. The van der Waals surface area contributed by atoms with Crippen LogP contribution in [-0.4, -0.2) is 27.2 Å². The molecule has 1 aliphatic carbocycles. The molecular weight excluding hydrogens is 314 g/mol. The molecule has 0 bridgehead atoms. The number of hydrogen-bond donors (Lipinski definition) is 2. The molecule has 2 aromatic carbocycles. The molecule has 1 aromatic heterocycles. The van der Waals surface area contributed by atoms with E-state index in [1.54, 1.807) is 6.33 Å². The van der Waals surface area contributed by atoms with Crippen molar-refractivity contribution >= 4 is 16.7 Å². The molecule has 0 spiro atoms. The van der Waals surface area contributed by atoms with Crippen LogP contribution in [0.2, 0.25) is 0 Å². The molecule has 0 unspecified atom stereocenters. The summed E-state index contributed by atoms with van der Waals surface area (Å²) < 4.78 is 1.93. The molecule has 3 aromatic rings. The van der Waals surface area contributed by atoms with Crippen molar-refractivity contribution in [3.05, 3.63) is 60.7 Å². The van der Waals surface area contributed by atoms with Gasteiger partial charge >= 0.3 is 5.97 Å². The fraction of sp³-hybridized carbons (Fsp3) is 0.300. The highest BCUT2D eigenvalue weighted by molar-refractivity contribution is 5.90. The number of carboxylic acids is 1. The Hall–Kier alpha value is -2.66. The minimum Gasteiger partial charge on any atom is -0.481 e. The standard InChI is InChI=1S/C20H21N3O2/c21-10-4-7-15-11-20(15,19(24)25)18-12-23(13-22-18)17-9-3-6-14-5-1-2-8-16(14)17/h1-3,5-6,8-9,12-13,15H,4,7,10-11,21H2,(H,24,25)/t15-,20+/m0/s1. The van der Waals surface area contributed by atoms with Gasteiger partial charge in [0, 0.05) is 11.6 Å². The van der Waals surface area contributed by atoms with Gasteiger partial charge in [0.15, 0.2) is 0 Å². The van der Waals surface area contributed by atoms with Gasteiger partial charge in [-0.3, -0.25) is 4.79 Å². The van der Waals surface area contributed by atoms with E-state index >= 15 is 0 Å². The van der Waals surface area contributed by atoms with Crippen LogP contribution >= 0.6 is 0 Å². The van der Waals surface area contributed by atoms with Gasteiger partial charge in [-0.1, -0.05) is 36.4 Å². The molecule has 0 aliphatic heterocycles. The third-order valence-electron chi connectivity index (χ3n) is 5.33. The van der Waals surface area contributed by atoms with Crippen LogP contribution in [0, 0.1) is 5.92 Å². The van der Waals surface area contributed by atoms with Gasteiger partial charge in [0.1, 0.15) is 5.41 Å². The zero-order valence-corrected chi connectivity index (χ0v) is 13.9. The molecular formula is C20H21N3O2. The molecule has 4 rings (SSSR count). The van der Waals surface area contributed by atoms with Crippen molar-refractivity contribution in [3.8, 4) is 5.69 Å². The van der Waals surface area contributed by atoms with Crippen LogP contribution in [0.1, 0.15) is 25.0 Å². The van der Waals surface area contributed by atoms with Crippen molar-refractivity contribution in [1.82, 2.24) is 9.55 Å². The Morgan fingerprint density at radius 1 is 1.28 bits per heavy atom. The van der Waals surface area contributed by atoms with Crippen LogP contribution < -0.4 is 5.73 Å². The lowest BCUT2D eigenvalue weighted by Crippen LogP contribution is -2.23. The van der Waals surface area contributed by atoms with Crippen LogP contribution in [0.3, 0.4) is 0 Å². The van der Waals surface area contributed by atoms with Gasteiger partial charge in [0.05, 0.1) is 17.7 Å². The number of imidazole rings is 1. The van der Waals surface area contributed by atoms with E-state index in [1.807, 2.05) is 35.0 Å². The van der Waals surface area contributed by atoms with Gasteiger partial charge < -0.3 is 15.4 Å². The van der Waals surface area contributed by atoms with Crippen molar-refractivity contribution in [3.63, 3.8) is 0 Å². The third kappa shape index (κ3) is 2.51. The Morgan fingerprint density at radius 3 is 2.88 bits per heavy atom. The van der Waals surface area contributed by atoms with E-state index in [0.29, 0.717) is 18.7 Å². The molecule has 1 aliphatic rings. The van der Waals surface area contributed by atoms with E-state index in [-0.39, 0.29) is 5.92 Å². The molecule has 1 fully saturated rings. The fourth-order valence-corrected chi connectivity index (χ4v) is 3.85. The first-order valence-corrected chi connectivity index (χ1v) is 8.63. The van der Waals surface area contributed by atoms with Crippen molar-refractivity contribution < 1.29 is 9.90 Å². The summed E-state index contributed by atoms with van der Waals surface area (Å²) in [6.45, 7) is 0.594. The summed E-state index contributed by atoms with van der Waals surface area (Å²) in [7, 11) is 0. The number of carboxylic acid groups (broad SMARTS) is 1. The second-order valence-corrected chi connectivity index (χ2v) is 6.77. The summed E-state index contributed by atoms with van der Waals surface area (Å²) in [5, 5.41) is 12.1. The first-order valence-electron chi connectivity index (χ1n) is 8.63. The van der Waals surface area contributed by atoms with Crippen LogP contribution in [0.5, 0.6) is 0 Å². The van der Waals surface area contributed by atoms with E-state index in [1.165, 1.54) is 0 Å². The van der Waals surface area contributed by atoms with Gasteiger partial charge in [-0.25, -0.2) is 4.98 Å². The summed E-state index contributed by atoms with van der Waals surface area (Å²) in [5.41, 5.74) is 6.39. The topological polar surface area (TPSA) is 81.1 Å². The van der Waals surface area contributed by atoms with E-state index in [2.05, 4.69) is 23.2 Å². The largest absolute Gasteiger partial charge is 0.481 e. The van der Waals surface area contributed by atoms with Crippen molar-refractivity contribution in [2.45, 2.75) is 24.7 Å². The number of hydrogen-bond acceptors (Lipinski definition) is 3. The highest BCUT2D eigenvalue weighted by Crippen LogP contribution is 2.56. The predicted octanol–water partition coefficient (Wildman–Crippen LogP) is 3.11. The van der Waals surface area contributed by atoms with Crippen LogP contribution in [0.25, 0.3) is 16.5 Å². The van der Waals surface area contributed by atoms with Gasteiger partial charge in [0.2, 0.25) is 0 Å². The lowest BCUT2D eigenvalue weighted by atomic mass is 9.98. The number of fused-ring (bicyclic) bond motifs is 1. The molecule has 25 heavy (non-hydrogen) atoms. The van der Waals surface area contributed by atoms with Crippen molar-refractivity contribution in [2.75, 3.05) is 6.54 Å². The van der Waals surface area contributed by atoms with Gasteiger partial charge in [-0.15, -0.1) is 0 Å². The van der Waals surface area contributed by atoms with E-state index in [9.17, 15) is 9.90 Å². The molecule has 0 amide bonds. The molecule has 0 saturated heterocycles. The summed E-state index contributed by atoms with van der Waals surface area (Å²) in [6.07, 6.45) is 5.93. The maximum Gasteiger partial charge on any atom is 0.316 e. The predicted molar refractivity (Wildman–Crippen MR) is 96.8 cm³/mol. The molecule has 5 heteroatoms. The first kappa shape index (κ1) is 15.8. The molecule has 0 radical (unpaired) electrons. The van der Waals surface area contributed by atoms with Crippen LogP contribution in [0.4, 0.5) is 0 Å². The first-order chi connectivity index (χ1) is 12.2. The minimum atomic E-state index is -0.842. The number of rotatable bonds is 6. The Morgan fingerprint density at radius 2 is 2.08 bits per heavy atom. The number of carbonyl (C=O) groups is 1. The molecule has 3 N–H and O–H groups in total. The molecule has 1 heterocycles. The SMILES string of the molecule is NCCC[C@H]1C[C@]1(C(=O)O)c1cn(-c2cccc3ccccc23)cn1. The third-order valence-corrected chi connectivity index (χ3v) is 5.33. The second kappa shape index (κ2) is 6.01. The van der Waals surface area contributed by atoms with E-state index < -0.39 is 11.4 Å². The lowest BCUT2D eigenvalue weighted by molar-refractivity contribution is -0.140. The highest BCUT2D eigenvalue weighted by atomic mass is 16.4. The number of aromatic nitrogens is 2. The van der Waals surface area contributed by atoms with E-state index in [0.717, 1.165) is 29.3 Å². The summed E-state index contributed by atoms with van der Waals surface area (Å²) in [6, 6.07) is 14.3. The molecule has 128 valence electrons. The molecule has 2 atom stereocenters. The number of benzene rings is 2. The monoisotopic (exact) mass is 335 g/mol. The van der Waals surface area contributed by atoms with Crippen LogP contribution in [-0.2, 0) is 10.2 Å². The molecule has 5 nitrogen and oxygen atoms in total.